The molecule has 4 aliphatic heterocycles. The van der Waals surface area contributed by atoms with E-state index in [2.05, 4.69) is 10.6 Å². The Kier molecular flexibility index (Phi) is 22.7. The minimum absolute atomic E-state index is 0.172. The van der Waals surface area contributed by atoms with Crippen molar-refractivity contribution in [1.82, 2.24) is 0 Å². The van der Waals surface area contributed by atoms with E-state index in [9.17, 15) is 81.1 Å². The quantitative estimate of drug-likeness (QED) is 0.0488. The number of carbonyl (C=O) groups excluding carboxylic acids is 2. The van der Waals surface area contributed by atoms with Crippen molar-refractivity contribution in [1.29, 1.82) is 0 Å². The van der Waals surface area contributed by atoms with Crippen LogP contribution in [0.25, 0.3) is 0 Å². The van der Waals surface area contributed by atoms with Crippen LogP contribution >= 0.6 is 23.5 Å². The minimum Gasteiger partial charge on any atom is -0.394 e. The van der Waals surface area contributed by atoms with E-state index in [4.69, 9.17) is 28.4 Å². The molecular weight excluding hydrogens is 997 g/mol. The summed E-state index contributed by atoms with van der Waals surface area (Å²) in [6.07, 6.45) is -22.4. The number of hydrogen-bond acceptors (Lipinski definition) is 24. The molecule has 24 nitrogen and oxygen atoms in total. The number of nitrogens with one attached hydrogen (secondary N) is 2. The Hall–Kier alpha value is -2.72. The lowest BCUT2D eigenvalue weighted by Gasteiger charge is -2.46. The molecule has 4 aliphatic rings. The molecule has 406 valence electrons. The van der Waals surface area contributed by atoms with Crippen LogP contribution in [0, 0.1) is 0 Å². The van der Waals surface area contributed by atoms with Crippen LogP contribution in [-0.4, -0.2) is 231 Å². The topological polar surface area (TPSA) is 397 Å². The normalized spacial score (nSPS) is 37.2. The van der Waals surface area contributed by atoms with Crippen LogP contribution in [0.1, 0.15) is 51.4 Å². The SMILES string of the molecule is O=C(CCCCCCCCC(=O)Nc1ccc(S[C@@H]2O[C@H](CO)[C@@H](O[C@@H]3O[C@H](CO)[C@@H](O)[C@H](O)[C@H]3O)[C@H](O)[C@H]2O)cc1)Nc1ccc(S[C@@H]2O[C@H](CO)[C@@H](O[C@@H]3O[C@H](CO)[C@@H](O)[C@H](O)[C@H]3O)[C@H](O)[C@H]2O)cc1. The second kappa shape index (κ2) is 27.9. The zero-order valence-corrected chi connectivity index (χ0v) is 40.6. The Bertz CT molecular complexity index is 1820. The van der Waals surface area contributed by atoms with Gasteiger partial charge in [-0.25, -0.2) is 0 Å². The maximum absolute atomic E-state index is 12.6. The highest BCUT2D eigenvalue weighted by Crippen LogP contribution is 2.38. The smallest absolute Gasteiger partial charge is 0.224 e. The van der Waals surface area contributed by atoms with Gasteiger partial charge in [-0.2, -0.15) is 0 Å². The molecule has 6 rings (SSSR count). The molecule has 72 heavy (non-hydrogen) atoms. The van der Waals surface area contributed by atoms with Gasteiger partial charge in [-0.05, 0) is 61.4 Å². The van der Waals surface area contributed by atoms with E-state index >= 15 is 0 Å². The van der Waals surface area contributed by atoms with Crippen molar-refractivity contribution >= 4 is 46.7 Å². The largest absolute Gasteiger partial charge is 0.394 e. The van der Waals surface area contributed by atoms with Gasteiger partial charge in [-0.1, -0.05) is 49.2 Å². The Labute approximate surface area is 422 Å². The van der Waals surface area contributed by atoms with Crippen molar-refractivity contribution in [2.24, 2.45) is 0 Å². The van der Waals surface area contributed by atoms with E-state index in [0.717, 1.165) is 49.2 Å². The molecule has 16 N–H and O–H groups in total. The first-order valence-corrected chi connectivity index (χ1v) is 25.5. The second-order valence-corrected chi connectivity index (χ2v) is 20.4. The van der Waals surface area contributed by atoms with Crippen LogP contribution in [-0.2, 0) is 38.0 Å². The second-order valence-electron chi connectivity index (χ2n) is 18.0. The standard InChI is InChI=1S/C46H68N2O22S2/c49-17-25-31(55)33(57)37(61)43(65-25)69-41-27(19-51)67-45(39(63)35(41)59)71-23-13-9-21(10-14-23)47-29(53)7-5-3-1-2-4-6-8-30(54)48-22-11-15-24(16-12-22)72-46-40(64)36(60)42(28(20-52)68-46)70-44-38(62)34(58)32(56)26(18-50)66-44/h9-16,25-28,31-46,49-52,55-64H,1-8,17-20H2,(H,47,53)(H,48,54)/t25-,26-,27-,28-,31-,32-,33+,34+,35-,36-,37-,38-,39-,40-,41-,42-,43+,44+,45+,46+/m1/s1. The third kappa shape index (κ3) is 15.0. The first-order valence-electron chi connectivity index (χ1n) is 23.8. The Morgan fingerprint density at radius 2 is 0.750 bits per heavy atom. The number of aliphatic hydroxyl groups excluding tert-OH is 14. The number of thioether (sulfide) groups is 2. The molecule has 2 amide bonds. The number of unbranched alkanes of at least 4 members (excludes halogenated alkanes) is 5. The zero-order valence-electron chi connectivity index (χ0n) is 39.0. The summed E-state index contributed by atoms with van der Waals surface area (Å²) in [6, 6.07) is 13.4. The molecule has 26 heteroatoms. The lowest BCUT2D eigenvalue weighted by atomic mass is 9.97. The molecule has 0 saturated carbocycles. The van der Waals surface area contributed by atoms with Gasteiger partial charge in [0.1, 0.15) is 109 Å². The summed E-state index contributed by atoms with van der Waals surface area (Å²) in [4.78, 5) is 26.5. The van der Waals surface area contributed by atoms with Crippen LogP contribution < -0.4 is 10.6 Å². The summed E-state index contributed by atoms with van der Waals surface area (Å²) in [5.41, 5.74) is -1.06. The van der Waals surface area contributed by atoms with Crippen LogP contribution in [0.4, 0.5) is 11.4 Å². The summed E-state index contributed by atoms with van der Waals surface area (Å²) < 4.78 is 33.6. The predicted molar refractivity (Wildman–Crippen MR) is 252 cm³/mol. The van der Waals surface area contributed by atoms with Gasteiger partial charge in [0.2, 0.25) is 11.8 Å². The molecule has 0 radical (unpaired) electrons. The van der Waals surface area contributed by atoms with E-state index < -0.39 is 148 Å². The van der Waals surface area contributed by atoms with E-state index in [0.29, 0.717) is 46.8 Å². The number of carbonyl (C=O) groups is 2. The molecular formula is C46H68N2O22S2. The summed E-state index contributed by atoms with van der Waals surface area (Å²) >= 11 is 2.10. The zero-order chi connectivity index (χ0) is 52.2. The fourth-order valence-electron chi connectivity index (χ4n) is 8.53. The van der Waals surface area contributed by atoms with Gasteiger partial charge < -0.3 is 111 Å². The van der Waals surface area contributed by atoms with E-state index in [1.807, 2.05) is 0 Å². The number of benzene rings is 2. The molecule has 20 atom stereocenters. The average Bonchev–Trinajstić information content (AvgIpc) is 3.37. The fourth-order valence-corrected chi connectivity index (χ4v) is 10.7. The van der Waals surface area contributed by atoms with Gasteiger partial charge in [-0.3, -0.25) is 9.59 Å². The molecule has 4 fully saturated rings. The van der Waals surface area contributed by atoms with Crippen molar-refractivity contribution in [2.75, 3.05) is 37.1 Å². The van der Waals surface area contributed by atoms with Crippen molar-refractivity contribution in [3.05, 3.63) is 48.5 Å². The molecule has 4 heterocycles. The highest BCUT2D eigenvalue weighted by molar-refractivity contribution is 8.00. The Balaban J connectivity index is 0.826. The monoisotopic (exact) mass is 1060 g/mol. The molecule has 0 aromatic heterocycles. The maximum atomic E-state index is 12.6. The van der Waals surface area contributed by atoms with Crippen LogP contribution in [0.2, 0.25) is 0 Å². The number of aliphatic hydroxyl groups is 14. The molecule has 0 aliphatic carbocycles. The molecule has 4 saturated heterocycles. The molecule has 2 aromatic carbocycles. The van der Waals surface area contributed by atoms with Gasteiger partial charge >= 0.3 is 0 Å². The molecule has 0 bridgehead atoms. The Morgan fingerprint density at radius 3 is 1.08 bits per heavy atom. The molecule has 0 unspecified atom stereocenters. The van der Waals surface area contributed by atoms with Gasteiger partial charge in [0, 0.05) is 34.0 Å². The number of hydrogen-bond donors (Lipinski definition) is 16. The van der Waals surface area contributed by atoms with Crippen molar-refractivity contribution in [2.45, 2.75) is 182 Å². The van der Waals surface area contributed by atoms with Crippen LogP contribution in [0.3, 0.4) is 0 Å². The minimum atomic E-state index is -1.77. The first kappa shape index (κ1) is 58.5. The summed E-state index contributed by atoms with van der Waals surface area (Å²) in [5.74, 6) is -0.344. The Morgan fingerprint density at radius 1 is 0.417 bits per heavy atom. The summed E-state index contributed by atoms with van der Waals surface area (Å²) in [6.45, 7) is -2.72. The number of amides is 2. The van der Waals surface area contributed by atoms with Gasteiger partial charge in [0.25, 0.3) is 0 Å². The number of rotatable bonds is 23. The maximum Gasteiger partial charge on any atom is 0.224 e. The van der Waals surface area contributed by atoms with Crippen molar-refractivity contribution in [3.8, 4) is 0 Å². The number of anilines is 2. The van der Waals surface area contributed by atoms with E-state index in [-0.39, 0.29) is 11.8 Å². The van der Waals surface area contributed by atoms with Crippen LogP contribution in [0.5, 0.6) is 0 Å². The van der Waals surface area contributed by atoms with Gasteiger partial charge in [0.15, 0.2) is 12.6 Å². The van der Waals surface area contributed by atoms with Gasteiger partial charge in [-0.15, -0.1) is 0 Å². The van der Waals surface area contributed by atoms with E-state index in [1.54, 1.807) is 48.5 Å². The van der Waals surface area contributed by atoms with Crippen molar-refractivity contribution < 1.29 is 110 Å². The first-order chi connectivity index (χ1) is 34.5. The van der Waals surface area contributed by atoms with E-state index in [1.165, 1.54) is 0 Å². The van der Waals surface area contributed by atoms with Crippen molar-refractivity contribution in [3.63, 3.8) is 0 Å². The lowest BCUT2D eigenvalue weighted by Crippen LogP contribution is -2.64. The third-order valence-electron chi connectivity index (χ3n) is 12.8. The molecule has 2 aromatic rings. The van der Waals surface area contributed by atoms with Gasteiger partial charge in [0.05, 0.1) is 26.4 Å². The average molecular weight is 1070 g/mol. The molecule has 0 spiro atoms. The highest BCUT2D eigenvalue weighted by Gasteiger charge is 2.52. The van der Waals surface area contributed by atoms with Crippen LogP contribution in [0.15, 0.2) is 58.3 Å². The summed E-state index contributed by atoms with van der Waals surface area (Å²) in [5, 5.41) is 149. The predicted octanol–water partition coefficient (Wildman–Crippen LogP) is -3.18. The summed E-state index contributed by atoms with van der Waals surface area (Å²) in [7, 11) is 0. The highest BCUT2D eigenvalue weighted by atomic mass is 32.2. The lowest BCUT2D eigenvalue weighted by molar-refractivity contribution is -0.338. The number of ether oxygens (including phenoxy) is 6. The third-order valence-corrected chi connectivity index (χ3v) is 15.1. The fraction of sp³-hybridized carbons (Fsp3) is 0.696.